The van der Waals surface area contributed by atoms with Crippen LogP contribution in [0.1, 0.15) is 80.2 Å². The second kappa shape index (κ2) is 18.0. The first-order valence-corrected chi connectivity index (χ1v) is 20.4. The number of fused-ring (bicyclic) bond motifs is 6. The van der Waals surface area contributed by atoms with Gasteiger partial charge in [-0.25, -0.2) is 9.37 Å². The zero-order valence-electron chi connectivity index (χ0n) is 34.5. The van der Waals surface area contributed by atoms with Gasteiger partial charge in [0.25, 0.3) is 0 Å². The Bertz CT molecular complexity index is 1810. The van der Waals surface area contributed by atoms with E-state index >= 15 is 0 Å². The number of hydrogen-bond acceptors (Lipinski definition) is 16. The number of hydrogen-bond donors (Lipinski definition) is 3. The summed E-state index contributed by atoms with van der Waals surface area (Å²) in [6.45, 7) is 12.5. The van der Waals surface area contributed by atoms with Crippen LogP contribution in [0.4, 0.5) is 9.52 Å². The van der Waals surface area contributed by atoms with E-state index < -0.39 is 83.1 Å². The first-order valence-electron chi connectivity index (χ1n) is 19.6. The highest BCUT2D eigenvalue weighted by molar-refractivity contribution is 7.22. The Balaban J connectivity index is 1.61. The largest absolute Gasteiger partial charge is 0.459 e. The molecule has 2 bridgehead atoms. The number of esters is 1. The number of aliphatic hydroxyl groups is 2. The topological polar surface area (TPSA) is 202 Å². The van der Waals surface area contributed by atoms with Crippen LogP contribution in [0.2, 0.25) is 0 Å². The Morgan fingerprint density at radius 3 is 2.46 bits per heavy atom. The van der Waals surface area contributed by atoms with Gasteiger partial charge in [-0.3, -0.25) is 14.4 Å². The van der Waals surface area contributed by atoms with Crippen molar-refractivity contribution in [3.8, 4) is 0 Å². The van der Waals surface area contributed by atoms with Crippen molar-refractivity contribution in [2.24, 2.45) is 28.8 Å². The predicted molar refractivity (Wildman–Crippen MR) is 210 cm³/mol. The Morgan fingerprint density at radius 2 is 1.79 bits per heavy atom. The number of Topliss-reactive ketones (excluding diaryl/α,β-unsaturated/α-hetero) is 2. The molecule has 13 atom stereocenters. The van der Waals surface area contributed by atoms with Crippen LogP contribution >= 0.6 is 11.3 Å². The van der Waals surface area contributed by atoms with Gasteiger partial charge in [0, 0.05) is 23.8 Å². The van der Waals surface area contributed by atoms with Gasteiger partial charge in [-0.1, -0.05) is 44.2 Å². The molecule has 1 aromatic carbocycles. The number of aromatic nitrogens is 1. The van der Waals surface area contributed by atoms with Gasteiger partial charge in [0.05, 0.1) is 41.8 Å². The van der Waals surface area contributed by atoms with Gasteiger partial charge >= 0.3 is 5.97 Å². The molecule has 5 rings (SSSR count). The van der Waals surface area contributed by atoms with E-state index in [1.807, 2.05) is 25.9 Å². The molecule has 3 fully saturated rings. The van der Waals surface area contributed by atoms with Crippen molar-refractivity contribution < 1.29 is 57.5 Å². The lowest BCUT2D eigenvalue weighted by molar-refractivity contribution is -0.296. The molecule has 2 aromatic rings. The van der Waals surface area contributed by atoms with Crippen molar-refractivity contribution in [2.45, 2.75) is 135 Å². The molecule has 0 unspecified atom stereocenters. The summed E-state index contributed by atoms with van der Waals surface area (Å²) in [6.07, 6.45) is -5.56. The summed E-state index contributed by atoms with van der Waals surface area (Å²) in [5.74, 6) is -6.24. The molecule has 15 nitrogen and oxygen atoms in total. The fourth-order valence-electron chi connectivity index (χ4n) is 8.54. The third-order valence-electron chi connectivity index (χ3n) is 11.7. The van der Waals surface area contributed by atoms with E-state index in [9.17, 15) is 29.0 Å². The number of anilines is 1. The summed E-state index contributed by atoms with van der Waals surface area (Å²) in [7, 11) is 3.69. The average molecular weight is 823 g/mol. The van der Waals surface area contributed by atoms with Crippen molar-refractivity contribution in [3.05, 3.63) is 23.5 Å². The fourth-order valence-corrected chi connectivity index (χ4v) is 9.36. The molecule has 4 heterocycles. The highest BCUT2D eigenvalue weighted by atomic mass is 32.1. The molecule has 0 saturated carbocycles. The number of ketones is 2. The number of cyclic esters (lactones) is 1. The first-order chi connectivity index (χ1) is 26.7. The second-order valence-electron chi connectivity index (χ2n) is 16.6. The van der Waals surface area contributed by atoms with Crippen molar-refractivity contribution in [1.29, 1.82) is 0 Å². The number of nitrogens with zero attached hydrogens (tertiary/aromatic N) is 3. The number of benzene rings is 1. The monoisotopic (exact) mass is 822 g/mol. The van der Waals surface area contributed by atoms with E-state index in [4.69, 9.17) is 34.3 Å². The van der Waals surface area contributed by atoms with E-state index in [0.717, 1.165) is 11.3 Å². The summed E-state index contributed by atoms with van der Waals surface area (Å²) in [5.41, 5.74) is 3.23. The van der Waals surface area contributed by atoms with Crippen LogP contribution in [0.5, 0.6) is 0 Å². The maximum absolute atomic E-state index is 14.9. The van der Waals surface area contributed by atoms with E-state index in [1.54, 1.807) is 40.7 Å². The third kappa shape index (κ3) is 9.67. The van der Waals surface area contributed by atoms with Crippen LogP contribution in [0.25, 0.3) is 10.2 Å². The van der Waals surface area contributed by atoms with Gasteiger partial charge in [0.1, 0.15) is 47.3 Å². The fraction of sp³-hybridized carbons (Fsp3) is 0.725. The molecule has 3 aliphatic heterocycles. The summed E-state index contributed by atoms with van der Waals surface area (Å²) < 4.78 is 47.2. The van der Waals surface area contributed by atoms with Gasteiger partial charge < -0.3 is 49.4 Å². The molecule has 3 saturated heterocycles. The van der Waals surface area contributed by atoms with Crippen LogP contribution in [0.15, 0.2) is 17.3 Å². The standard InChI is InChI=1S/C40H59FN4O11S/c1-11-29-40(8,50)35-21(4)31(46)19(2)15-39(7,52-18-25(17-51-35)44-53-16-24-13-26(41)30-28(14-24)57-38(42)43-30)34(22(5)32(47)23(6)36(49)55-29)56-37-33(48)27(45(9)10)12-20(3)54-37/h13-14,19-23,27,29,33-35,37,48,50H,11-12,15-18H2,1-10H3,(H2,42,43)/b44-25+/t19-,20-,21+,22+,23-,27+,29-,33-,34-,35+,37+,39-,40-/m1/s1. The minimum Gasteiger partial charge on any atom is -0.459 e. The Hall–Kier alpha value is -3.16. The molecule has 3 aliphatic rings. The van der Waals surface area contributed by atoms with E-state index in [1.165, 1.54) is 19.9 Å². The number of rotatable bonds is 7. The van der Waals surface area contributed by atoms with Gasteiger partial charge in [-0.2, -0.15) is 0 Å². The van der Waals surface area contributed by atoms with Crippen molar-refractivity contribution >= 4 is 49.9 Å². The number of oxime groups is 1. The number of ether oxygens (including phenoxy) is 5. The van der Waals surface area contributed by atoms with Crippen molar-refractivity contribution in [3.63, 3.8) is 0 Å². The van der Waals surface area contributed by atoms with E-state index in [-0.39, 0.29) is 67.0 Å². The van der Waals surface area contributed by atoms with Gasteiger partial charge in [-0.15, -0.1) is 0 Å². The van der Waals surface area contributed by atoms with Crippen molar-refractivity contribution in [2.75, 3.05) is 33.0 Å². The highest BCUT2D eigenvalue weighted by Gasteiger charge is 2.53. The molecule has 4 N–H and O–H groups in total. The Kier molecular flexibility index (Phi) is 14.2. The van der Waals surface area contributed by atoms with Gasteiger partial charge in [0.15, 0.2) is 23.0 Å². The van der Waals surface area contributed by atoms with E-state index in [2.05, 4.69) is 10.1 Å². The van der Waals surface area contributed by atoms with E-state index in [0.29, 0.717) is 16.7 Å². The first kappa shape index (κ1) is 44.9. The summed E-state index contributed by atoms with van der Waals surface area (Å²) >= 11 is 1.14. The third-order valence-corrected chi connectivity index (χ3v) is 12.6. The molecule has 17 heteroatoms. The molecular formula is C40H59FN4O11S. The smallest absolute Gasteiger partial charge is 0.316 e. The second-order valence-corrected chi connectivity index (χ2v) is 17.7. The normalized spacial score (nSPS) is 38.5. The van der Waals surface area contributed by atoms with Crippen LogP contribution in [0, 0.1) is 29.5 Å². The molecular weight excluding hydrogens is 764 g/mol. The number of thiazole rings is 1. The Labute approximate surface area is 337 Å². The number of nitrogen functional groups attached to an aromatic ring is 1. The van der Waals surface area contributed by atoms with Crippen molar-refractivity contribution in [1.82, 2.24) is 9.88 Å². The summed E-state index contributed by atoms with van der Waals surface area (Å²) in [5, 5.41) is 28.3. The van der Waals surface area contributed by atoms with Gasteiger partial charge in [0.2, 0.25) is 0 Å². The highest BCUT2D eigenvalue weighted by Crippen LogP contribution is 2.40. The zero-order valence-corrected chi connectivity index (χ0v) is 35.3. The number of nitrogens with two attached hydrogens (primary N) is 1. The molecule has 1 aromatic heterocycles. The maximum atomic E-state index is 14.9. The molecule has 0 amide bonds. The molecule has 0 aliphatic carbocycles. The molecule has 0 radical (unpaired) electrons. The lowest BCUT2D eigenvalue weighted by Gasteiger charge is -2.47. The van der Waals surface area contributed by atoms with Crippen LogP contribution < -0.4 is 5.73 Å². The van der Waals surface area contributed by atoms with Crippen LogP contribution in [-0.2, 0) is 49.5 Å². The molecule has 318 valence electrons. The minimum atomic E-state index is -1.91. The Morgan fingerprint density at radius 1 is 1.09 bits per heavy atom. The number of carbonyl (C=O) groups is 3. The lowest BCUT2D eigenvalue weighted by atomic mass is 9.74. The molecule has 0 spiro atoms. The number of halogens is 1. The van der Waals surface area contributed by atoms with Gasteiger partial charge in [-0.05, 0) is 78.7 Å². The summed E-state index contributed by atoms with van der Waals surface area (Å²) in [6, 6.07) is 2.64. The number of aliphatic hydroxyl groups excluding tert-OH is 1. The number of likely N-dealkylation sites (N-methyl/N-ethyl adjacent to an activating group) is 1. The quantitative estimate of drug-likeness (QED) is 0.205. The SMILES string of the molecule is CC[C@H]1OC(=O)[C@H](C)C(=O)[C@H](C)[C@@H](O[C@@H]2O[C@H](C)C[C@H](N(C)C)[C@H]2O)[C@@]2(C)C[C@@H](C)C(=O)[C@H](C)[C@H](OC/C(=N\OCc3cc(F)c4nc(N)sc4c3)CO2)[C@]1(C)O. The van der Waals surface area contributed by atoms with Crippen LogP contribution in [0.3, 0.4) is 0 Å². The number of carbonyl (C=O) groups excluding carboxylic acids is 3. The summed E-state index contributed by atoms with van der Waals surface area (Å²) in [4.78, 5) is 54.1. The average Bonchev–Trinajstić information content (AvgIpc) is 3.53. The maximum Gasteiger partial charge on any atom is 0.316 e. The molecule has 57 heavy (non-hydrogen) atoms. The predicted octanol–water partition coefficient (Wildman–Crippen LogP) is 4.03. The lowest BCUT2D eigenvalue weighted by Crippen LogP contribution is -2.60. The minimum absolute atomic E-state index is 0.0181. The zero-order chi connectivity index (χ0) is 42.1. The van der Waals surface area contributed by atoms with Crippen LogP contribution in [-0.4, -0.2) is 125 Å².